The van der Waals surface area contributed by atoms with Crippen molar-refractivity contribution in [2.24, 2.45) is 5.73 Å². The molecule has 2 aromatic rings. The van der Waals surface area contributed by atoms with Crippen molar-refractivity contribution in [3.63, 3.8) is 0 Å². The largest absolute Gasteiger partial charge is 0.508 e. The van der Waals surface area contributed by atoms with Crippen LogP contribution in [0.2, 0.25) is 0 Å². The second kappa shape index (κ2) is 6.41. The van der Waals surface area contributed by atoms with Gasteiger partial charge in [0.15, 0.2) is 0 Å². The standard InChI is InChI=1S/C17H20N2O2/c1-3-19(15-8-5-13(11-18)6-9-15)17(21)14-7-4-12(2)16(20)10-14/h4-10,20H,3,11,18H2,1-2H3. The molecule has 0 aliphatic heterocycles. The molecular formula is C17H20N2O2. The molecule has 0 saturated heterocycles. The molecule has 1 amide bonds. The van der Waals surface area contributed by atoms with Crippen molar-refractivity contribution in [2.75, 3.05) is 11.4 Å². The van der Waals surface area contributed by atoms with Gasteiger partial charge in [-0.25, -0.2) is 0 Å². The van der Waals surface area contributed by atoms with Gasteiger partial charge in [-0.3, -0.25) is 4.79 Å². The summed E-state index contributed by atoms with van der Waals surface area (Å²) >= 11 is 0. The van der Waals surface area contributed by atoms with Crippen LogP contribution in [0.3, 0.4) is 0 Å². The minimum absolute atomic E-state index is 0.131. The van der Waals surface area contributed by atoms with Gasteiger partial charge < -0.3 is 15.7 Å². The van der Waals surface area contributed by atoms with Gasteiger partial charge in [0.05, 0.1) is 0 Å². The summed E-state index contributed by atoms with van der Waals surface area (Å²) < 4.78 is 0. The number of carbonyl (C=O) groups is 1. The van der Waals surface area contributed by atoms with Crippen molar-refractivity contribution in [2.45, 2.75) is 20.4 Å². The number of nitrogens with two attached hydrogens (primary N) is 1. The number of phenols is 1. The number of rotatable bonds is 4. The van der Waals surface area contributed by atoms with Crippen LogP contribution in [0.1, 0.15) is 28.4 Å². The Bertz CT molecular complexity index is 636. The predicted molar refractivity (Wildman–Crippen MR) is 84.5 cm³/mol. The van der Waals surface area contributed by atoms with Crippen LogP contribution in [0.15, 0.2) is 42.5 Å². The summed E-state index contributed by atoms with van der Waals surface area (Å²) in [4.78, 5) is 14.3. The number of carbonyl (C=O) groups excluding carboxylic acids is 1. The van der Waals surface area contributed by atoms with E-state index in [1.54, 1.807) is 24.0 Å². The van der Waals surface area contributed by atoms with E-state index in [-0.39, 0.29) is 11.7 Å². The van der Waals surface area contributed by atoms with Gasteiger partial charge >= 0.3 is 0 Å². The van der Waals surface area contributed by atoms with Gasteiger partial charge in [0.2, 0.25) is 0 Å². The highest BCUT2D eigenvalue weighted by Gasteiger charge is 2.16. The Kier molecular flexibility index (Phi) is 4.60. The zero-order valence-electron chi connectivity index (χ0n) is 12.3. The summed E-state index contributed by atoms with van der Waals surface area (Å²) in [7, 11) is 0. The molecule has 0 bridgehead atoms. The van der Waals surface area contributed by atoms with E-state index in [9.17, 15) is 9.90 Å². The summed E-state index contributed by atoms with van der Waals surface area (Å²) in [6, 6.07) is 12.6. The van der Waals surface area contributed by atoms with Crippen LogP contribution in [0.5, 0.6) is 5.75 Å². The van der Waals surface area contributed by atoms with Crippen LogP contribution >= 0.6 is 0 Å². The molecule has 21 heavy (non-hydrogen) atoms. The first kappa shape index (κ1) is 15.1. The SMILES string of the molecule is CCN(C(=O)c1ccc(C)c(O)c1)c1ccc(CN)cc1. The van der Waals surface area contributed by atoms with E-state index in [4.69, 9.17) is 5.73 Å². The smallest absolute Gasteiger partial charge is 0.258 e. The molecule has 0 heterocycles. The Labute approximate surface area is 124 Å². The second-order valence-corrected chi connectivity index (χ2v) is 4.92. The van der Waals surface area contributed by atoms with Gasteiger partial charge in [0.25, 0.3) is 5.91 Å². The number of benzene rings is 2. The van der Waals surface area contributed by atoms with Crippen molar-refractivity contribution >= 4 is 11.6 Å². The summed E-state index contributed by atoms with van der Waals surface area (Å²) in [5.41, 5.74) is 8.65. The molecule has 0 spiro atoms. The van der Waals surface area contributed by atoms with Crippen LogP contribution in [0, 0.1) is 6.92 Å². The third-order valence-electron chi connectivity index (χ3n) is 3.50. The van der Waals surface area contributed by atoms with Gasteiger partial charge in [-0.05, 0) is 49.2 Å². The monoisotopic (exact) mass is 284 g/mol. The van der Waals surface area contributed by atoms with Crippen LogP contribution in [-0.2, 0) is 6.54 Å². The van der Waals surface area contributed by atoms with Gasteiger partial charge in [-0.15, -0.1) is 0 Å². The Morgan fingerprint density at radius 1 is 1.19 bits per heavy atom. The van der Waals surface area contributed by atoms with Crippen molar-refractivity contribution < 1.29 is 9.90 Å². The maximum Gasteiger partial charge on any atom is 0.258 e. The average molecular weight is 284 g/mol. The normalized spacial score (nSPS) is 10.4. The molecule has 110 valence electrons. The number of hydrogen-bond donors (Lipinski definition) is 2. The number of aromatic hydroxyl groups is 1. The van der Waals surface area contributed by atoms with Gasteiger partial charge in [0, 0.05) is 24.3 Å². The number of phenolic OH excluding ortho intramolecular Hbond substituents is 1. The predicted octanol–water partition coefficient (Wildman–Crippen LogP) is 2.83. The van der Waals surface area contributed by atoms with E-state index in [1.165, 1.54) is 6.07 Å². The molecule has 0 saturated carbocycles. The van der Waals surface area contributed by atoms with E-state index in [0.29, 0.717) is 18.7 Å². The quantitative estimate of drug-likeness (QED) is 0.907. The first-order valence-electron chi connectivity index (χ1n) is 6.97. The highest BCUT2D eigenvalue weighted by molar-refractivity contribution is 6.06. The van der Waals surface area contributed by atoms with Crippen molar-refractivity contribution in [1.29, 1.82) is 0 Å². The molecular weight excluding hydrogens is 264 g/mol. The number of anilines is 1. The molecule has 3 N–H and O–H groups in total. The van der Waals surface area contributed by atoms with E-state index in [1.807, 2.05) is 31.2 Å². The summed E-state index contributed by atoms with van der Waals surface area (Å²) in [6.45, 7) is 4.75. The Balaban J connectivity index is 2.30. The molecule has 0 aliphatic carbocycles. The molecule has 0 fully saturated rings. The lowest BCUT2D eigenvalue weighted by atomic mass is 10.1. The molecule has 0 aliphatic rings. The number of hydrogen-bond acceptors (Lipinski definition) is 3. The fourth-order valence-corrected chi connectivity index (χ4v) is 2.15. The van der Waals surface area contributed by atoms with E-state index in [0.717, 1.165) is 16.8 Å². The van der Waals surface area contributed by atoms with Crippen molar-refractivity contribution in [3.05, 3.63) is 59.2 Å². The Hall–Kier alpha value is -2.33. The fraction of sp³-hybridized carbons (Fsp3) is 0.235. The molecule has 0 aromatic heterocycles. The average Bonchev–Trinajstić information content (AvgIpc) is 2.51. The lowest BCUT2D eigenvalue weighted by molar-refractivity contribution is 0.0988. The lowest BCUT2D eigenvalue weighted by Gasteiger charge is -2.21. The molecule has 4 heteroatoms. The van der Waals surface area contributed by atoms with Crippen LogP contribution < -0.4 is 10.6 Å². The molecule has 0 atom stereocenters. The van der Waals surface area contributed by atoms with Gasteiger partial charge in [0.1, 0.15) is 5.75 Å². The topological polar surface area (TPSA) is 66.6 Å². The lowest BCUT2D eigenvalue weighted by Crippen LogP contribution is -2.30. The maximum absolute atomic E-state index is 12.6. The minimum atomic E-state index is -0.131. The summed E-state index contributed by atoms with van der Waals surface area (Å²) in [6.07, 6.45) is 0. The van der Waals surface area contributed by atoms with Gasteiger partial charge in [-0.1, -0.05) is 18.2 Å². The van der Waals surface area contributed by atoms with Crippen LogP contribution in [0.25, 0.3) is 0 Å². The number of amides is 1. The Morgan fingerprint density at radius 3 is 2.38 bits per heavy atom. The third-order valence-corrected chi connectivity index (χ3v) is 3.50. The zero-order valence-corrected chi connectivity index (χ0v) is 12.3. The summed E-state index contributed by atoms with van der Waals surface area (Å²) in [5.74, 6) is 0.00341. The highest BCUT2D eigenvalue weighted by Crippen LogP contribution is 2.22. The third kappa shape index (κ3) is 3.23. The maximum atomic E-state index is 12.6. The van der Waals surface area contributed by atoms with Crippen molar-refractivity contribution in [1.82, 2.24) is 0 Å². The highest BCUT2D eigenvalue weighted by atomic mass is 16.3. The van der Waals surface area contributed by atoms with E-state index >= 15 is 0 Å². The number of nitrogens with zero attached hydrogens (tertiary/aromatic N) is 1. The summed E-state index contributed by atoms with van der Waals surface area (Å²) in [5, 5.41) is 9.76. The fourth-order valence-electron chi connectivity index (χ4n) is 2.15. The van der Waals surface area contributed by atoms with Crippen LogP contribution in [0.4, 0.5) is 5.69 Å². The van der Waals surface area contributed by atoms with Crippen molar-refractivity contribution in [3.8, 4) is 5.75 Å². The molecule has 0 unspecified atom stereocenters. The zero-order chi connectivity index (χ0) is 15.4. The first-order valence-corrected chi connectivity index (χ1v) is 6.97. The molecule has 4 nitrogen and oxygen atoms in total. The van der Waals surface area contributed by atoms with E-state index in [2.05, 4.69) is 0 Å². The Morgan fingerprint density at radius 2 is 1.86 bits per heavy atom. The molecule has 0 radical (unpaired) electrons. The second-order valence-electron chi connectivity index (χ2n) is 4.92. The van der Waals surface area contributed by atoms with Gasteiger partial charge in [-0.2, -0.15) is 0 Å². The van der Waals surface area contributed by atoms with E-state index < -0.39 is 0 Å². The minimum Gasteiger partial charge on any atom is -0.508 e. The number of aryl methyl sites for hydroxylation is 1. The molecule has 2 aromatic carbocycles. The van der Waals surface area contributed by atoms with Crippen LogP contribution in [-0.4, -0.2) is 17.6 Å². The first-order chi connectivity index (χ1) is 10.1. The molecule has 2 rings (SSSR count).